The van der Waals surface area contributed by atoms with Gasteiger partial charge in [-0.05, 0) is 61.7 Å². The second-order valence-corrected chi connectivity index (χ2v) is 6.39. The van der Waals surface area contributed by atoms with Crippen LogP contribution in [-0.2, 0) is 0 Å². The van der Waals surface area contributed by atoms with Crippen LogP contribution in [0.25, 0.3) is 0 Å². The lowest BCUT2D eigenvalue weighted by Crippen LogP contribution is -2.19. The van der Waals surface area contributed by atoms with Gasteiger partial charge in [0.15, 0.2) is 0 Å². The predicted molar refractivity (Wildman–Crippen MR) is 90.7 cm³/mol. The molecule has 0 heterocycles. The fourth-order valence-electron chi connectivity index (χ4n) is 2.49. The molecule has 0 aromatic heterocycles. The quantitative estimate of drug-likeness (QED) is 0.786. The number of hydrogen-bond donors (Lipinski definition) is 1. The van der Waals surface area contributed by atoms with Gasteiger partial charge in [-0.15, -0.1) is 0 Å². The molecule has 20 heavy (non-hydrogen) atoms. The van der Waals surface area contributed by atoms with Gasteiger partial charge in [0.2, 0.25) is 0 Å². The van der Waals surface area contributed by atoms with Crippen molar-refractivity contribution in [2.45, 2.75) is 26.8 Å². The molecule has 1 atom stereocenters. The van der Waals surface area contributed by atoms with Gasteiger partial charge in [-0.3, -0.25) is 0 Å². The molecule has 106 valence electrons. The summed E-state index contributed by atoms with van der Waals surface area (Å²) in [5, 5.41) is 4.23. The van der Waals surface area contributed by atoms with Crippen LogP contribution in [0.4, 0.5) is 0 Å². The molecule has 0 bridgehead atoms. The summed E-state index contributed by atoms with van der Waals surface area (Å²) in [5.41, 5.74) is 5.98. The Morgan fingerprint density at radius 1 is 1.00 bits per heavy atom. The molecule has 2 aromatic rings. The SMILES string of the molecule is CNC(c1cc(C)c(Br)cc1C)c1cccc(C)c1Cl. The molecule has 0 amide bonds. The maximum atomic E-state index is 6.49. The summed E-state index contributed by atoms with van der Waals surface area (Å²) in [4.78, 5) is 0. The maximum Gasteiger partial charge on any atom is 0.0591 e. The first kappa shape index (κ1) is 15.6. The lowest BCUT2D eigenvalue weighted by atomic mass is 9.93. The van der Waals surface area contributed by atoms with Crippen molar-refractivity contribution in [2.24, 2.45) is 0 Å². The molecule has 0 saturated heterocycles. The Kier molecular flexibility index (Phi) is 4.90. The van der Waals surface area contributed by atoms with Gasteiger partial charge >= 0.3 is 0 Å². The number of nitrogens with one attached hydrogen (secondary N) is 1. The van der Waals surface area contributed by atoms with Crippen LogP contribution in [0.15, 0.2) is 34.8 Å². The van der Waals surface area contributed by atoms with Crippen molar-refractivity contribution in [3.05, 3.63) is 67.6 Å². The first-order valence-electron chi connectivity index (χ1n) is 6.64. The smallest absolute Gasteiger partial charge is 0.0591 e. The van der Waals surface area contributed by atoms with E-state index in [9.17, 15) is 0 Å². The Balaban J connectivity index is 2.58. The minimum atomic E-state index is 0.106. The zero-order valence-electron chi connectivity index (χ0n) is 12.2. The zero-order valence-corrected chi connectivity index (χ0v) is 14.6. The average Bonchev–Trinajstić information content (AvgIpc) is 2.41. The molecule has 1 N–H and O–H groups in total. The maximum absolute atomic E-state index is 6.49. The molecule has 2 rings (SSSR count). The second-order valence-electron chi connectivity index (χ2n) is 5.16. The Morgan fingerprint density at radius 3 is 2.35 bits per heavy atom. The number of hydrogen-bond acceptors (Lipinski definition) is 1. The fraction of sp³-hybridized carbons (Fsp3) is 0.294. The number of halogens is 2. The highest BCUT2D eigenvalue weighted by molar-refractivity contribution is 9.10. The van der Waals surface area contributed by atoms with Crippen LogP contribution in [-0.4, -0.2) is 7.05 Å². The summed E-state index contributed by atoms with van der Waals surface area (Å²) in [6, 6.07) is 10.7. The van der Waals surface area contributed by atoms with Gasteiger partial charge in [0.1, 0.15) is 0 Å². The first-order valence-corrected chi connectivity index (χ1v) is 7.81. The Hall–Kier alpha value is -0.830. The van der Waals surface area contributed by atoms with Crippen molar-refractivity contribution in [3.8, 4) is 0 Å². The van der Waals surface area contributed by atoms with Crippen LogP contribution < -0.4 is 5.32 Å². The van der Waals surface area contributed by atoms with Crippen LogP contribution in [0.3, 0.4) is 0 Å². The van der Waals surface area contributed by atoms with Crippen molar-refractivity contribution >= 4 is 27.5 Å². The van der Waals surface area contributed by atoms with E-state index in [-0.39, 0.29) is 6.04 Å². The van der Waals surface area contributed by atoms with Gasteiger partial charge in [0.25, 0.3) is 0 Å². The van der Waals surface area contributed by atoms with Crippen molar-refractivity contribution < 1.29 is 0 Å². The summed E-state index contributed by atoms with van der Waals surface area (Å²) < 4.78 is 1.14. The van der Waals surface area contributed by atoms with Crippen LogP contribution in [0.5, 0.6) is 0 Å². The molecule has 1 nitrogen and oxygen atoms in total. The standard InChI is InChI=1S/C17H19BrClN/c1-10-6-5-7-13(16(10)19)17(20-4)14-8-12(3)15(18)9-11(14)2/h5-9,17,20H,1-4H3. The third-order valence-electron chi connectivity index (χ3n) is 3.68. The molecule has 0 fully saturated rings. The van der Waals surface area contributed by atoms with E-state index in [1.165, 1.54) is 16.7 Å². The van der Waals surface area contributed by atoms with Gasteiger partial charge in [0, 0.05) is 9.50 Å². The van der Waals surface area contributed by atoms with Gasteiger partial charge in [-0.25, -0.2) is 0 Å². The minimum Gasteiger partial charge on any atom is -0.309 e. The highest BCUT2D eigenvalue weighted by atomic mass is 79.9. The molecule has 1 unspecified atom stereocenters. The summed E-state index contributed by atoms with van der Waals surface area (Å²) >= 11 is 10.1. The minimum absolute atomic E-state index is 0.106. The van der Waals surface area contributed by atoms with E-state index in [0.717, 1.165) is 20.6 Å². The zero-order chi connectivity index (χ0) is 14.9. The van der Waals surface area contributed by atoms with E-state index in [1.807, 2.05) is 20.0 Å². The highest BCUT2D eigenvalue weighted by Crippen LogP contribution is 2.33. The lowest BCUT2D eigenvalue weighted by molar-refractivity contribution is 0.686. The van der Waals surface area contributed by atoms with E-state index in [4.69, 9.17) is 11.6 Å². The number of aryl methyl sites for hydroxylation is 3. The lowest BCUT2D eigenvalue weighted by Gasteiger charge is -2.22. The summed E-state index contributed by atoms with van der Waals surface area (Å²) in [6.07, 6.45) is 0. The molecule has 0 spiro atoms. The normalized spacial score (nSPS) is 12.5. The fourth-order valence-corrected chi connectivity index (χ4v) is 3.18. The Morgan fingerprint density at radius 2 is 1.70 bits per heavy atom. The third-order valence-corrected chi connectivity index (χ3v) is 5.05. The molecule has 0 aliphatic carbocycles. The molecule has 0 saturated carbocycles. The third kappa shape index (κ3) is 2.93. The van der Waals surface area contributed by atoms with Crippen LogP contribution in [0.2, 0.25) is 5.02 Å². The Bertz CT molecular complexity index is 637. The van der Waals surface area contributed by atoms with Gasteiger partial charge < -0.3 is 5.32 Å². The molecular weight excluding hydrogens is 334 g/mol. The number of benzene rings is 2. The monoisotopic (exact) mass is 351 g/mol. The summed E-state index contributed by atoms with van der Waals surface area (Å²) in [6.45, 7) is 6.28. The second kappa shape index (κ2) is 6.30. The predicted octanol–water partition coefficient (Wildman–Crippen LogP) is 5.34. The molecule has 0 aliphatic heterocycles. The largest absolute Gasteiger partial charge is 0.309 e. The summed E-state index contributed by atoms with van der Waals surface area (Å²) in [7, 11) is 1.97. The van der Waals surface area contributed by atoms with Crippen LogP contribution in [0.1, 0.15) is 33.9 Å². The molecular formula is C17H19BrClN. The van der Waals surface area contributed by atoms with E-state index >= 15 is 0 Å². The van der Waals surface area contributed by atoms with Crippen molar-refractivity contribution in [1.82, 2.24) is 5.32 Å². The van der Waals surface area contributed by atoms with Crippen molar-refractivity contribution in [3.63, 3.8) is 0 Å². The van der Waals surface area contributed by atoms with Crippen molar-refractivity contribution in [2.75, 3.05) is 7.05 Å². The van der Waals surface area contributed by atoms with Crippen LogP contribution in [0, 0.1) is 20.8 Å². The van der Waals surface area contributed by atoms with Gasteiger partial charge in [-0.2, -0.15) is 0 Å². The molecule has 0 radical (unpaired) electrons. The molecule has 0 aliphatic rings. The van der Waals surface area contributed by atoms with E-state index in [1.54, 1.807) is 0 Å². The Labute approximate surface area is 134 Å². The van der Waals surface area contributed by atoms with Gasteiger partial charge in [-0.1, -0.05) is 51.8 Å². The van der Waals surface area contributed by atoms with Gasteiger partial charge in [0.05, 0.1) is 6.04 Å². The van der Waals surface area contributed by atoms with Crippen LogP contribution >= 0.6 is 27.5 Å². The topological polar surface area (TPSA) is 12.0 Å². The van der Waals surface area contributed by atoms with Crippen molar-refractivity contribution in [1.29, 1.82) is 0 Å². The highest BCUT2D eigenvalue weighted by Gasteiger charge is 2.18. The number of rotatable bonds is 3. The van der Waals surface area contributed by atoms with E-state index in [2.05, 4.69) is 59.4 Å². The molecule has 2 aromatic carbocycles. The van der Waals surface area contributed by atoms with E-state index < -0.39 is 0 Å². The summed E-state index contributed by atoms with van der Waals surface area (Å²) in [5.74, 6) is 0. The average molecular weight is 353 g/mol. The first-order chi connectivity index (χ1) is 9.45. The molecule has 3 heteroatoms. The van der Waals surface area contributed by atoms with E-state index in [0.29, 0.717) is 0 Å².